The van der Waals surface area contributed by atoms with E-state index in [0.29, 0.717) is 40.5 Å². The molecule has 1 N–H and O–H groups in total. The van der Waals surface area contributed by atoms with Crippen molar-refractivity contribution < 1.29 is 31.2 Å². The van der Waals surface area contributed by atoms with Gasteiger partial charge in [0.15, 0.2) is 0 Å². The van der Waals surface area contributed by atoms with Crippen LogP contribution in [0.2, 0.25) is 15.1 Å². The number of hydrogen-bond donors (Lipinski definition) is 1. The largest absolute Gasteiger partial charge is 0.416 e. The summed E-state index contributed by atoms with van der Waals surface area (Å²) in [6.45, 7) is 1.01. The third-order valence-electron chi connectivity index (χ3n) is 6.71. The van der Waals surface area contributed by atoms with Crippen molar-refractivity contribution in [3.63, 3.8) is 0 Å². The molecule has 3 rings (SSSR count). The Kier molecular flexibility index (Phi) is 12.4. The van der Waals surface area contributed by atoms with Crippen molar-refractivity contribution in [1.29, 1.82) is 0 Å². The summed E-state index contributed by atoms with van der Waals surface area (Å²) in [5.74, 6) is -1.41. The van der Waals surface area contributed by atoms with Crippen LogP contribution in [0.4, 0.5) is 18.9 Å². The number of carbonyl (C=O) groups is 2. The quantitative estimate of drug-likeness (QED) is 0.196. The number of hydrogen-bond acceptors (Lipinski definition) is 4. The van der Waals surface area contributed by atoms with Crippen LogP contribution >= 0.6 is 34.8 Å². The second-order valence-electron chi connectivity index (χ2n) is 10.0. The van der Waals surface area contributed by atoms with Crippen molar-refractivity contribution >= 4 is 62.3 Å². The summed E-state index contributed by atoms with van der Waals surface area (Å²) in [7, 11) is -4.36. The maximum Gasteiger partial charge on any atom is 0.416 e. The van der Waals surface area contributed by atoms with Gasteiger partial charge < -0.3 is 10.2 Å². The van der Waals surface area contributed by atoms with Crippen molar-refractivity contribution in [3.8, 4) is 0 Å². The molecule has 0 fully saturated rings. The van der Waals surface area contributed by atoms with E-state index < -0.39 is 51.9 Å². The van der Waals surface area contributed by atoms with Crippen LogP contribution in [0, 0.1) is 0 Å². The fourth-order valence-corrected chi connectivity index (χ4v) is 6.03. The van der Waals surface area contributed by atoms with E-state index in [-0.39, 0.29) is 28.0 Å². The number of alkyl halides is 3. The monoisotopic (exact) mass is 691 g/mol. The number of nitrogens with zero attached hydrogens (tertiary/aromatic N) is 2. The maximum atomic E-state index is 14.1. The van der Waals surface area contributed by atoms with Gasteiger partial charge in [-0.3, -0.25) is 13.9 Å². The average molecular weight is 693 g/mol. The van der Waals surface area contributed by atoms with Gasteiger partial charge >= 0.3 is 6.18 Å². The number of carbonyl (C=O) groups excluding carboxylic acids is 2. The van der Waals surface area contributed by atoms with Crippen molar-refractivity contribution in [3.05, 3.63) is 98.5 Å². The van der Waals surface area contributed by atoms with Gasteiger partial charge in [-0.05, 0) is 42.3 Å². The number of halogens is 6. The highest BCUT2D eigenvalue weighted by atomic mass is 35.5. The van der Waals surface area contributed by atoms with Crippen molar-refractivity contribution in [2.24, 2.45) is 0 Å². The minimum Gasteiger partial charge on any atom is -0.354 e. The van der Waals surface area contributed by atoms with Crippen LogP contribution < -0.4 is 9.62 Å². The Morgan fingerprint density at radius 1 is 0.932 bits per heavy atom. The zero-order valence-corrected chi connectivity index (χ0v) is 27.0. The van der Waals surface area contributed by atoms with Crippen LogP contribution in [0.15, 0.2) is 66.7 Å². The van der Waals surface area contributed by atoms with Crippen molar-refractivity contribution in [2.45, 2.75) is 44.9 Å². The summed E-state index contributed by atoms with van der Waals surface area (Å²) in [6.07, 6.45) is -2.57. The Morgan fingerprint density at radius 2 is 1.57 bits per heavy atom. The van der Waals surface area contributed by atoms with E-state index in [0.717, 1.165) is 23.6 Å². The highest BCUT2D eigenvalue weighted by Crippen LogP contribution is 2.36. The Balaban J connectivity index is 2.14. The number of benzene rings is 3. The lowest BCUT2D eigenvalue weighted by molar-refractivity contribution is -0.140. The summed E-state index contributed by atoms with van der Waals surface area (Å²) < 4.78 is 67.0. The fourth-order valence-electron chi connectivity index (χ4n) is 4.39. The van der Waals surface area contributed by atoms with Crippen LogP contribution in [-0.2, 0) is 38.8 Å². The van der Waals surface area contributed by atoms with Gasteiger partial charge in [-0.15, -0.1) is 0 Å². The van der Waals surface area contributed by atoms with Gasteiger partial charge in [-0.25, -0.2) is 8.42 Å². The number of nitrogens with one attached hydrogen (secondary N) is 1. The Hall–Kier alpha value is -2.99. The second kappa shape index (κ2) is 15.3. The molecule has 44 heavy (non-hydrogen) atoms. The smallest absolute Gasteiger partial charge is 0.354 e. The SMILES string of the molecule is CCCCNC(=O)C(Cc1ccccc1)N(Cc1c(Cl)cccc1Cl)C(=O)CN(c1cc(C(F)(F)F)ccc1Cl)S(C)(=O)=O. The van der Waals surface area contributed by atoms with Gasteiger partial charge in [0.2, 0.25) is 21.8 Å². The number of rotatable bonds is 13. The number of anilines is 1. The van der Waals surface area contributed by atoms with E-state index in [2.05, 4.69) is 5.32 Å². The molecule has 3 aromatic carbocycles. The molecular formula is C30H31Cl3F3N3O4S. The lowest BCUT2D eigenvalue weighted by Crippen LogP contribution is -2.53. The van der Waals surface area contributed by atoms with Gasteiger partial charge in [0.05, 0.1) is 22.5 Å². The third-order valence-corrected chi connectivity index (χ3v) is 8.87. The first-order chi connectivity index (χ1) is 20.6. The molecule has 0 heterocycles. The Labute approximate surface area is 269 Å². The highest BCUT2D eigenvalue weighted by Gasteiger charge is 2.36. The number of amides is 2. The normalized spacial score (nSPS) is 12.5. The lowest BCUT2D eigenvalue weighted by Gasteiger charge is -2.34. The molecule has 0 aromatic heterocycles. The van der Waals surface area contributed by atoms with Crippen LogP contribution in [0.1, 0.15) is 36.5 Å². The van der Waals surface area contributed by atoms with E-state index in [1.165, 1.54) is 0 Å². The van der Waals surface area contributed by atoms with Gasteiger partial charge in [0.1, 0.15) is 12.6 Å². The highest BCUT2D eigenvalue weighted by molar-refractivity contribution is 7.92. The molecule has 1 atom stereocenters. The summed E-state index contributed by atoms with van der Waals surface area (Å²) in [4.78, 5) is 28.9. The zero-order valence-electron chi connectivity index (χ0n) is 23.9. The van der Waals surface area contributed by atoms with Gasteiger partial charge in [0.25, 0.3) is 0 Å². The average Bonchev–Trinajstić information content (AvgIpc) is 2.94. The lowest BCUT2D eigenvalue weighted by atomic mass is 10.0. The second-order valence-corrected chi connectivity index (χ2v) is 13.1. The van der Waals surface area contributed by atoms with Crippen LogP contribution in [0.25, 0.3) is 0 Å². The molecule has 7 nitrogen and oxygen atoms in total. The van der Waals surface area contributed by atoms with E-state index >= 15 is 0 Å². The van der Waals surface area contributed by atoms with E-state index in [4.69, 9.17) is 34.8 Å². The van der Waals surface area contributed by atoms with Crippen LogP contribution in [0.3, 0.4) is 0 Å². The molecule has 1 unspecified atom stereocenters. The molecule has 0 aliphatic carbocycles. The predicted molar refractivity (Wildman–Crippen MR) is 168 cm³/mol. The number of sulfonamides is 1. The topological polar surface area (TPSA) is 86.8 Å². The third kappa shape index (κ3) is 9.50. The van der Waals surface area contributed by atoms with Gasteiger partial charge in [0, 0.05) is 35.1 Å². The van der Waals surface area contributed by atoms with E-state index in [1.54, 1.807) is 48.5 Å². The van der Waals surface area contributed by atoms with E-state index in [1.807, 2.05) is 6.92 Å². The Morgan fingerprint density at radius 3 is 2.14 bits per heavy atom. The molecule has 3 aromatic rings. The molecule has 14 heteroatoms. The number of unbranched alkanes of at least 4 members (excludes halogenated alkanes) is 1. The summed E-state index contributed by atoms with van der Waals surface area (Å²) in [6, 6.07) is 14.5. The predicted octanol–water partition coefficient (Wildman–Crippen LogP) is 6.99. The molecule has 0 spiro atoms. The molecule has 0 saturated heterocycles. The molecule has 0 saturated carbocycles. The summed E-state index contributed by atoms with van der Waals surface area (Å²) in [5, 5.41) is 2.89. The fraction of sp³-hybridized carbons (Fsp3) is 0.333. The molecule has 0 aliphatic rings. The first kappa shape index (κ1) is 35.5. The Bertz CT molecular complexity index is 1550. The van der Waals surface area contributed by atoms with E-state index in [9.17, 15) is 31.2 Å². The first-order valence-corrected chi connectivity index (χ1v) is 16.5. The van der Waals surface area contributed by atoms with Crippen molar-refractivity contribution in [1.82, 2.24) is 10.2 Å². The van der Waals surface area contributed by atoms with Gasteiger partial charge in [-0.2, -0.15) is 13.2 Å². The van der Waals surface area contributed by atoms with Gasteiger partial charge in [-0.1, -0.05) is 84.5 Å². The van der Waals surface area contributed by atoms with Crippen molar-refractivity contribution in [2.75, 3.05) is 23.7 Å². The zero-order chi connectivity index (χ0) is 32.7. The molecule has 238 valence electrons. The maximum absolute atomic E-state index is 14.1. The minimum absolute atomic E-state index is 0.0375. The first-order valence-electron chi connectivity index (χ1n) is 13.5. The summed E-state index contributed by atoms with van der Waals surface area (Å²) >= 11 is 19.0. The molecule has 2 amide bonds. The molecule has 0 bridgehead atoms. The van der Waals surface area contributed by atoms with Crippen LogP contribution in [-0.4, -0.2) is 50.5 Å². The molecule has 0 radical (unpaired) electrons. The van der Waals surface area contributed by atoms with Crippen LogP contribution in [0.5, 0.6) is 0 Å². The molecule has 0 aliphatic heterocycles. The molecular weight excluding hydrogens is 662 g/mol. The standard InChI is InChI=1S/C30H31Cl3F3N3O4S/c1-3-4-15-37-29(41)27(16-20-9-6-5-7-10-20)38(18-22-23(31)11-8-12-24(22)32)28(40)19-39(44(2,42)43)26-17-21(30(34,35)36)13-14-25(26)33/h5-14,17,27H,3-4,15-16,18-19H2,1-2H3,(H,37,41). The summed E-state index contributed by atoms with van der Waals surface area (Å²) in [5.41, 5.74) is -0.700. The minimum atomic E-state index is -4.81.